The number of ether oxygens (including phenoxy) is 1. The van der Waals surface area contributed by atoms with Crippen LogP contribution in [0.4, 0.5) is 5.82 Å². The molecule has 0 bridgehead atoms. The van der Waals surface area contributed by atoms with Gasteiger partial charge in [0.2, 0.25) is 5.88 Å². The average molecular weight is 258 g/mol. The molecule has 100 valence electrons. The Kier molecular flexibility index (Phi) is 4.30. The molecule has 0 saturated carbocycles. The van der Waals surface area contributed by atoms with E-state index in [4.69, 9.17) is 16.2 Å². The topological polar surface area (TPSA) is 87.0 Å². The van der Waals surface area contributed by atoms with E-state index in [-0.39, 0.29) is 6.04 Å². The van der Waals surface area contributed by atoms with Gasteiger partial charge >= 0.3 is 0 Å². The maximum absolute atomic E-state index is 6.14. The quantitative estimate of drug-likeness (QED) is 0.841. The first-order chi connectivity index (χ1) is 9.17. The number of hydrogen-bond donors (Lipinski definition) is 2. The molecule has 0 aliphatic rings. The highest BCUT2D eigenvalue weighted by Gasteiger charge is 2.07. The fourth-order valence-corrected chi connectivity index (χ4v) is 1.95. The molecule has 0 fully saturated rings. The molecule has 0 aromatic carbocycles. The van der Waals surface area contributed by atoms with Crippen molar-refractivity contribution in [1.29, 1.82) is 0 Å². The van der Waals surface area contributed by atoms with Crippen molar-refractivity contribution in [2.24, 2.45) is 5.73 Å². The SMILES string of the molecule is COc1ccc(CC(N)Cc2ccnc(N)c2)cn1. The number of nitrogens with zero attached hydrogens (tertiary/aromatic N) is 2. The Balaban J connectivity index is 1.95. The molecule has 0 radical (unpaired) electrons. The van der Waals surface area contributed by atoms with Gasteiger partial charge in [-0.15, -0.1) is 0 Å². The molecule has 0 amide bonds. The van der Waals surface area contributed by atoms with Crippen LogP contribution in [0.5, 0.6) is 5.88 Å². The number of nitrogen functional groups attached to an aromatic ring is 1. The fraction of sp³-hybridized carbons (Fsp3) is 0.286. The summed E-state index contributed by atoms with van der Waals surface area (Å²) in [5, 5.41) is 0. The van der Waals surface area contributed by atoms with Crippen molar-refractivity contribution in [2.45, 2.75) is 18.9 Å². The monoisotopic (exact) mass is 258 g/mol. The van der Waals surface area contributed by atoms with Crippen molar-refractivity contribution >= 4 is 5.82 Å². The number of rotatable bonds is 5. The number of pyridine rings is 2. The zero-order valence-corrected chi connectivity index (χ0v) is 10.9. The first-order valence-corrected chi connectivity index (χ1v) is 6.12. The third kappa shape index (κ3) is 3.93. The second-order valence-corrected chi connectivity index (χ2v) is 4.47. The number of anilines is 1. The van der Waals surface area contributed by atoms with Gasteiger partial charge in [-0.3, -0.25) is 0 Å². The minimum absolute atomic E-state index is 0.0250. The summed E-state index contributed by atoms with van der Waals surface area (Å²) in [5.41, 5.74) is 14.0. The van der Waals surface area contributed by atoms with Gasteiger partial charge < -0.3 is 16.2 Å². The summed E-state index contributed by atoms with van der Waals surface area (Å²) >= 11 is 0. The summed E-state index contributed by atoms with van der Waals surface area (Å²) in [4.78, 5) is 8.13. The van der Waals surface area contributed by atoms with Crippen molar-refractivity contribution in [3.63, 3.8) is 0 Å². The van der Waals surface area contributed by atoms with Crippen LogP contribution in [0.1, 0.15) is 11.1 Å². The number of aromatic nitrogens is 2. The summed E-state index contributed by atoms with van der Waals surface area (Å²) in [6.07, 6.45) is 5.02. The molecule has 2 aromatic heterocycles. The lowest BCUT2D eigenvalue weighted by molar-refractivity contribution is 0.397. The number of methoxy groups -OCH3 is 1. The Labute approximate surface area is 112 Å². The average Bonchev–Trinajstić information content (AvgIpc) is 2.39. The van der Waals surface area contributed by atoms with Crippen LogP contribution in [0.15, 0.2) is 36.7 Å². The van der Waals surface area contributed by atoms with E-state index in [9.17, 15) is 0 Å². The maximum Gasteiger partial charge on any atom is 0.212 e. The Morgan fingerprint density at radius 3 is 2.58 bits per heavy atom. The van der Waals surface area contributed by atoms with Gasteiger partial charge in [-0.05, 0) is 36.1 Å². The molecule has 4 N–H and O–H groups in total. The van der Waals surface area contributed by atoms with E-state index in [2.05, 4.69) is 9.97 Å². The second-order valence-electron chi connectivity index (χ2n) is 4.47. The molecule has 5 heteroatoms. The standard InChI is InChI=1S/C14H18N4O/c1-19-14-3-2-11(9-18-14)7-12(15)6-10-4-5-17-13(16)8-10/h2-5,8-9,12H,6-7,15H2,1H3,(H2,16,17). The molecule has 1 atom stereocenters. The van der Waals surface area contributed by atoms with Crippen LogP contribution in [0, 0.1) is 0 Å². The Morgan fingerprint density at radius 1 is 1.16 bits per heavy atom. The van der Waals surface area contributed by atoms with Gasteiger partial charge in [-0.1, -0.05) is 6.07 Å². The fourth-order valence-electron chi connectivity index (χ4n) is 1.95. The van der Waals surface area contributed by atoms with Crippen LogP contribution in [-0.2, 0) is 12.8 Å². The third-order valence-electron chi connectivity index (χ3n) is 2.85. The molecule has 2 rings (SSSR count). The van der Waals surface area contributed by atoms with Gasteiger partial charge in [-0.25, -0.2) is 9.97 Å². The van der Waals surface area contributed by atoms with Crippen molar-refractivity contribution in [3.8, 4) is 5.88 Å². The largest absolute Gasteiger partial charge is 0.481 e. The molecule has 0 spiro atoms. The van der Waals surface area contributed by atoms with E-state index in [1.165, 1.54) is 0 Å². The first-order valence-electron chi connectivity index (χ1n) is 6.12. The Hall–Kier alpha value is -2.14. The van der Waals surface area contributed by atoms with Crippen LogP contribution in [0.3, 0.4) is 0 Å². The predicted molar refractivity (Wildman–Crippen MR) is 74.8 cm³/mol. The Morgan fingerprint density at radius 2 is 1.95 bits per heavy atom. The van der Waals surface area contributed by atoms with E-state index in [1.54, 1.807) is 19.5 Å². The van der Waals surface area contributed by atoms with Gasteiger partial charge in [-0.2, -0.15) is 0 Å². The summed E-state index contributed by atoms with van der Waals surface area (Å²) < 4.78 is 5.02. The molecule has 1 unspecified atom stereocenters. The third-order valence-corrected chi connectivity index (χ3v) is 2.85. The molecule has 2 aromatic rings. The normalized spacial score (nSPS) is 12.1. The highest BCUT2D eigenvalue weighted by molar-refractivity contribution is 5.32. The molecule has 0 aliphatic heterocycles. The van der Waals surface area contributed by atoms with Crippen molar-refractivity contribution in [1.82, 2.24) is 9.97 Å². The molecule has 19 heavy (non-hydrogen) atoms. The van der Waals surface area contributed by atoms with Gasteiger partial charge in [0.15, 0.2) is 0 Å². The molecule has 5 nitrogen and oxygen atoms in total. The van der Waals surface area contributed by atoms with Gasteiger partial charge in [0, 0.05) is 24.5 Å². The molecule has 0 saturated heterocycles. The van der Waals surface area contributed by atoms with Crippen molar-refractivity contribution in [2.75, 3.05) is 12.8 Å². The first kappa shape index (κ1) is 13.3. The van der Waals surface area contributed by atoms with Crippen LogP contribution in [0.25, 0.3) is 0 Å². The minimum atomic E-state index is 0.0250. The van der Waals surface area contributed by atoms with Crippen LogP contribution < -0.4 is 16.2 Å². The van der Waals surface area contributed by atoms with Crippen LogP contribution in [-0.4, -0.2) is 23.1 Å². The lowest BCUT2D eigenvalue weighted by Gasteiger charge is -2.12. The minimum Gasteiger partial charge on any atom is -0.481 e. The lowest BCUT2D eigenvalue weighted by Crippen LogP contribution is -2.25. The predicted octanol–water partition coefficient (Wildman–Crippen LogP) is 1.18. The van der Waals surface area contributed by atoms with E-state index in [1.807, 2.05) is 24.3 Å². The van der Waals surface area contributed by atoms with Gasteiger partial charge in [0.25, 0.3) is 0 Å². The summed E-state index contributed by atoms with van der Waals surface area (Å²) in [6.45, 7) is 0. The number of hydrogen-bond acceptors (Lipinski definition) is 5. The molecule has 2 heterocycles. The summed E-state index contributed by atoms with van der Waals surface area (Å²) in [7, 11) is 1.60. The highest BCUT2D eigenvalue weighted by Crippen LogP contribution is 2.11. The van der Waals surface area contributed by atoms with Crippen molar-refractivity contribution < 1.29 is 4.74 Å². The highest BCUT2D eigenvalue weighted by atomic mass is 16.5. The lowest BCUT2D eigenvalue weighted by atomic mass is 10.0. The van der Waals surface area contributed by atoms with E-state index < -0.39 is 0 Å². The Bertz CT molecular complexity index is 527. The zero-order chi connectivity index (χ0) is 13.7. The van der Waals surface area contributed by atoms with Crippen molar-refractivity contribution in [3.05, 3.63) is 47.8 Å². The summed E-state index contributed by atoms with van der Waals surface area (Å²) in [5.74, 6) is 1.13. The van der Waals surface area contributed by atoms with E-state index in [0.29, 0.717) is 11.7 Å². The molecular weight excluding hydrogens is 240 g/mol. The second kappa shape index (κ2) is 6.15. The van der Waals surface area contributed by atoms with Gasteiger partial charge in [0.05, 0.1) is 7.11 Å². The number of nitrogens with two attached hydrogens (primary N) is 2. The molecule has 0 aliphatic carbocycles. The summed E-state index contributed by atoms with van der Waals surface area (Å²) in [6, 6.07) is 7.63. The molecular formula is C14H18N4O. The zero-order valence-electron chi connectivity index (χ0n) is 10.9. The van der Waals surface area contributed by atoms with Crippen LogP contribution >= 0.6 is 0 Å². The van der Waals surface area contributed by atoms with Gasteiger partial charge in [0.1, 0.15) is 5.82 Å². The smallest absolute Gasteiger partial charge is 0.212 e. The van der Waals surface area contributed by atoms with E-state index >= 15 is 0 Å². The van der Waals surface area contributed by atoms with Crippen LogP contribution in [0.2, 0.25) is 0 Å². The van der Waals surface area contributed by atoms with E-state index in [0.717, 1.165) is 24.0 Å². The maximum atomic E-state index is 6.14.